The van der Waals surface area contributed by atoms with Crippen molar-refractivity contribution in [3.05, 3.63) is 35.4 Å². The van der Waals surface area contributed by atoms with Gasteiger partial charge in [-0.15, -0.1) is 0 Å². The zero-order valence-corrected chi connectivity index (χ0v) is 14.0. The molecule has 2 atom stereocenters. The fourth-order valence-corrected chi connectivity index (χ4v) is 3.64. The van der Waals surface area contributed by atoms with E-state index in [1.165, 1.54) is 0 Å². The third-order valence-electron chi connectivity index (χ3n) is 4.83. The van der Waals surface area contributed by atoms with Crippen molar-refractivity contribution in [1.29, 1.82) is 0 Å². The number of fused-ring (bicyclic) bond motifs is 1. The Morgan fingerprint density at radius 2 is 2.12 bits per heavy atom. The summed E-state index contributed by atoms with van der Waals surface area (Å²) in [5.41, 5.74) is 2.02. The molecule has 0 spiro atoms. The number of piperidine rings is 1. The highest BCUT2D eigenvalue weighted by atomic mass is 19.4. The van der Waals surface area contributed by atoms with E-state index in [1.807, 2.05) is 24.3 Å². The number of hydrogen-bond donors (Lipinski definition) is 1. The number of nitrogens with one attached hydrogen (secondary N) is 1. The molecule has 2 aliphatic rings. The molecule has 138 valence electrons. The number of benzene rings is 1. The van der Waals surface area contributed by atoms with Crippen molar-refractivity contribution in [2.24, 2.45) is 0 Å². The minimum absolute atomic E-state index is 0.0520. The highest BCUT2D eigenvalue weighted by Crippen LogP contribution is 2.31. The van der Waals surface area contributed by atoms with Crippen LogP contribution < -0.4 is 5.32 Å². The van der Waals surface area contributed by atoms with Gasteiger partial charge in [0.1, 0.15) is 6.54 Å². The second-order valence-corrected chi connectivity index (χ2v) is 6.65. The first kappa shape index (κ1) is 18.2. The first-order chi connectivity index (χ1) is 11.9. The van der Waals surface area contributed by atoms with E-state index in [1.54, 1.807) is 0 Å². The van der Waals surface area contributed by atoms with Crippen molar-refractivity contribution in [2.45, 2.75) is 44.0 Å². The lowest BCUT2D eigenvalue weighted by atomic mass is 9.95. The number of alkyl halides is 3. The Hall–Kier alpha value is -1.60. The zero-order valence-electron chi connectivity index (χ0n) is 14.0. The molecule has 2 aliphatic heterocycles. The molecule has 1 fully saturated rings. The van der Waals surface area contributed by atoms with Crippen LogP contribution in [-0.2, 0) is 16.0 Å². The molecular formula is C18H23F3N2O2. The molecule has 0 aromatic heterocycles. The molecule has 0 aliphatic carbocycles. The third-order valence-corrected chi connectivity index (χ3v) is 4.83. The first-order valence-corrected chi connectivity index (χ1v) is 8.70. The van der Waals surface area contributed by atoms with Crippen molar-refractivity contribution in [3.63, 3.8) is 0 Å². The van der Waals surface area contributed by atoms with E-state index >= 15 is 0 Å². The maximum absolute atomic E-state index is 13.0. The smallest absolute Gasteiger partial charge is 0.373 e. The lowest BCUT2D eigenvalue weighted by Gasteiger charge is -2.36. The van der Waals surface area contributed by atoms with Crippen LogP contribution >= 0.6 is 0 Å². The molecule has 3 rings (SSSR count). The van der Waals surface area contributed by atoms with Gasteiger partial charge in [0.15, 0.2) is 0 Å². The van der Waals surface area contributed by atoms with Gasteiger partial charge >= 0.3 is 6.18 Å². The highest BCUT2D eigenvalue weighted by Gasteiger charge is 2.38. The summed E-state index contributed by atoms with van der Waals surface area (Å²) < 4.78 is 44.7. The second kappa shape index (κ2) is 7.74. The van der Waals surface area contributed by atoms with Crippen LogP contribution in [0.4, 0.5) is 13.2 Å². The maximum Gasteiger partial charge on any atom is 0.406 e. The van der Waals surface area contributed by atoms with Gasteiger partial charge in [0.2, 0.25) is 5.91 Å². The average molecular weight is 356 g/mol. The second-order valence-electron chi connectivity index (χ2n) is 6.65. The number of carbonyl (C=O) groups excluding carboxylic acids is 1. The summed E-state index contributed by atoms with van der Waals surface area (Å²) in [6, 6.07) is 7.24. The molecule has 0 saturated carbocycles. The summed E-state index contributed by atoms with van der Waals surface area (Å²) >= 11 is 0. The molecule has 0 bridgehead atoms. The van der Waals surface area contributed by atoms with Crippen molar-refractivity contribution >= 4 is 5.91 Å². The number of amides is 1. The van der Waals surface area contributed by atoms with E-state index < -0.39 is 30.8 Å². The van der Waals surface area contributed by atoms with Crippen LogP contribution in [0.1, 0.15) is 36.5 Å². The van der Waals surface area contributed by atoms with E-state index in [0.717, 1.165) is 35.4 Å². The molecule has 1 aromatic rings. The number of nitrogens with zero attached hydrogens (tertiary/aromatic N) is 1. The largest absolute Gasteiger partial charge is 0.406 e. The Bertz CT molecular complexity index is 600. The quantitative estimate of drug-likeness (QED) is 0.902. The van der Waals surface area contributed by atoms with E-state index in [-0.39, 0.29) is 6.42 Å². The normalized spacial score (nSPS) is 23.8. The fourth-order valence-electron chi connectivity index (χ4n) is 3.64. The summed E-state index contributed by atoms with van der Waals surface area (Å²) in [5, 5.41) is 3.08. The summed E-state index contributed by atoms with van der Waals surface area (Å²) in [6.45, 7) is 0.472. The molecule has 1 aromatic carbocycles. The molecule has 1 N–H and O–H groups in total. The van der Waals surface area contributed by atoms with Crippen LogP contribution in [0.15, 0.2) is 24.3 Å². The van der Waals surface area contributed by atoms with Crippen molar-refractivity contribution in [1.82, 2.24) is 10.2 Å². The highest BCUT2D eigenvalue weighted by molar-refractivity contribution is 5.77. The molecular weight excluding hydrogens is 333 g/mol. The molecule has 1 saturated heterocycles. The molecule has 1 amide bonds. The predicted octanol–water partition coefficient (Wildman–Crippen LogP) is 2.83. The minimum Gasteiger partial charge on any atom is -0.373 e. The van der Waals surface area contributed by atoms with E-state index in [2.05, 4.69) is 5.32 Å². The molecule has 4 nitrogen and oxygen atoms in total. The number of halogens is 3. The predicted molar refractivity (Wildman–Crippen MR) is 87.1 cm³/mol. The summed E-state index contributed by atoms with van der Waals surface area (Å²) in [5.74, 6) is -0.493. The van der Waals surface area contributed by atoms with Gasteiger partial charge < -0.3 is 15.0 Å². The van der Waals surface area contributed by atoms with Crippen LogP contribution in [0, 0.1) is 0 Å². The van der Waals surface area contributed by atoms with Crippen molar-refractivity contribution < 1.29 is 22.7 Å². The Balaban J connectivity index is 1.74. The van der Waals surface area contributed by atoms with Crippen molar-refractivity contribution in [3.8, 4) is 0 Å². The Labute approximate surface area is 145 Å². The standard InChI is InChI=1S/C18H23F3N2O2/c19-18(20,21)12-23(14-5-3-8-22-11-14)17(24)10-16-15-6-2-1-4-13(15)7-9-25-16/h1-2,4,6,14,16,22H,3,5,7-12H2. The number of hydrogen-bond acceptors (Lipinski definition) is 3. The number of ether oxygens (including phenoxy) is 1. The Morgan fingerprint density at radius 1 is 1.32 bits per heavy atom. The molecule has 2 unspecified atom stereocenters. The van der Waals surface area contributed by atoms with Gasteiger partial charge in [-0.2, -0.15) is 13.2 Å². The van der Waals surface area contributed by atoms with Crippen LogP contribution in [0.2, 0.25) is 0 Å². The topological polar surface area (TPSA) is 41.6 Å². The van der Waals surface area contributed by atoms with Gasteiger partial charge in [-0.25, -0.2) is 0 Å². The van der Waals surface area contributed by atoms with Crippen LogP contribution in [0.3, 0.4) is 0 Å². The van der Waals surface area contributed by atoms with Gasteiger partial charge in [-0.3, -0.25) is 4.79 Å². The molecule has 7 heteroatoms. The fraction of sp³-hybridized carbons (Fsp3) is 0.611. The molecule has 0 radical (unpaired) electrons. The lowest BCUT2D eigenvalue weighted by Crippen LogP contribution is -2.52. The summed E-state index contributed by atoms with van der Waals surface area (Å²) in [6.07, 6.45) is -2.79. The van der Waals surface area contributed by atoms with Gasteiger partial charge in [0, 0.05) is 12.6 Å². The Kier molecular flexibility index (Phi) is 5.64. The lowest BCUT2D eigenvalue weighted by molar-refractivity contribution is -0.168. The molecule has 25 heavy (non-hydrogen) atoms. The minimum atomic E-state index is -4.40. The summed E-state index contributed by atoms with van der Waals surface area (Å²) in [4.78, 5) is 13.7. The average Bonchev–Trinajstić information content (AvgIpc) is 2.60. The zero-order chi connectivity index (χ0) is 17.9. The van der Waals surface area contributed by atoms with Crippen LogP contribution in [0.25, 0.3) is 0 Å². The summed E-state index contributed by atoms with van der Waals surface area (Å²) in [7, 11) is 0. The van der Waals surface area contributed by atoms with Gasteiger partial charge in [0.05, 0.1) is 19.1 Å². The molecule has 2 heterocycles. The van der Waals surface area contributed by atoms with Crippen LogP contribution in [0.5, 0.6) is 0 Å². The Morgan fingerprint density at radius 3 is 2.84 bits per heavy atom. The number of carbonyl (C=O) groups is 1. The maximum atomic E-state index is 13.0. The number of rotatable bonds is 4. The van der Waals surface area contributed by atoms with Gasteiger partial charge in [-0.05, 0) is 36.9 Å². The van der Waals surface area contributed by atoms with E-state index in [4.69, 9.17) is 4.74 Å². The van der Waals surface area contributed by atoms with Crippen LogP contribution in [-0.4, -0.2) is 49.3 Å². The van der Waals surface area contributed by atoms with Gasteiger partial charge in [0.25, 0.3) is 0 Å². The third kappa shape index (κ3) is 4.73. The monoisotopic (exact) mass is 356 g/mol. The first-order valence-electron chi connectivity index (χ1n) is 8.70. The SMILES string of the molecule is O=C(CC1OCCc2ccccc21)N(CC(F)(F)F)C1CCCNC1. The van der Waals surface area contributed by atoms with Crippen molar-refractivity contribution in [2.75, 3.05) is 26.2 Å². The van der Waals surface area contributed by atoms with Gasteiger partial charge in [-0.1, -0.05) is 24.3 Å². The van der Waals surface area contributed by atoms with E-state index in [0.29, 0.717) is 19.6 Å². The van der Waals surface area contributed by atoms with E-state index in [9.17, 15) is 18.0 Å².